The molecule has 0 aliphatic carbocycles. The summed E-state index contributed by atoms with van der Waals surface area (Å²) in [5, 5.41) is 27.9. The van der Waals surface area contributed by atoms with Gasteiger partial charge in [0.25, 0.3) is 0 Å². The van der Waals surface area contributed by atoms with E-state index in [4.69, 9.17) is 4.74 Å². The maximum Gasteiger partial charge on any atom is 0.227 e. The fourth-order valence-electron chi connectivity index (χ4n) is 3.89. The number of aromatic amines is 1. The lowest BCUT2D eigenvalue weighted by Gasteiger charge is -2.51. The van der Waals surface area contributed by atoms with Crippen LogP contribution in [0.2, 0.25) is 0 Å². The molecule has 2 aliphatic heterocycles. The number of hydrogen-bond donors (Lipinski definition) is 3. The van der Waals surface area contributed by atoms with Crippen molar-refractivity contribution in [3.05, 3.63) is 17.0 Å². The van der Waals surface area contributed by atoms with E-state index in [1.165, 1.54) is 0 Å². The third-order valence-corrected chi connectivity index (χ3v) is 5.66. The fourth-order valence-corrected chi connectivity index (χ4v) is 3.89. The molecule has 0 saturated carbocycles. The van der Waals surface area contributed by atoms with E-state index < -0.39 is 17.3 Å². The van der Waals surface area contributed by atoms with Gasteiger partial charge in [-0.05, 0) is 33.6 Å². The third kappa shape index (κ3) is 2.96. The highest BCUT2D eigenvalue weighted by molar-refractivity contribution is 5.79. The maximum absolute atomic E-state index is 12.6. The highest BCUT2D eigenvalue weighted by atomic mass is 16.5. The van der Waals surface area contributed by atoms with E-state index in [9.17, 15) is 15.0 Å². The Morgan fingerprint density at radius 1 is 1.38 bits per heavy atom. The molecule has 2 fully saturated rings. The first-order chi connectivity index (χ1) is 11.3. The van der Waals surface area contributed by atoms with Crippen LogP contribution >= 0.6 is 0 Å². The number of amides is 1. The van der Waals surface area contributed by atoms with Gasteiger partial charge in [0.05, 0.1) is 24.3 Å². The van der Waals surface area contributed by atoms with Crippen molar-refractivity contribution in [2.24, 2.45) is 0 Å². The number of piperidine rings is 1. The molecular formula is C17H27N3O4. The van der Waals surface area contributed by atoms with E-state index in [0.717, 1.165) is 17.0 Å². The van der Waals surface area contributed by atoms with Crippen LogP contribution in [-0.4, -0.2) is 68.2 Å². The molecule has 3 rings (SSSR count). The first-order valence-electron chi connectivity index (χ1n) is 8.58. The molecule has 0 unspecified atom stereocenters. The summed E-state index contributed by atoms with van der Waals surface area (Å²) in [6.07, 6.45) is 0.924. The average molecular weight is 337 g/mol. The Labute approximate surface area is 142 Å². The summed E-state index contributed by atoms with van der Waals surface area (Å²) >= 11 is 0. The molecule has 7 heteroatoms. The van der Waals surface area contributed by atoms with Crippen LogP contribution in [0.4, 0.5) is 0 Å². The predicted octanol–water partition coefficient (Wildman–Crippen LogP) is 0.462. The second kappa shape index (κ2) is 6.13. The van der Waals surface area contributed by atoms with Gasteiger partial charge in [-0.2, -0.15) is 5.10 Å². The van der Waals surface area contributed by atoms with Crippen molar-refractivity contribution in [3.8, 4) is 0 Å². The normalized spacial score (nSPS) is 29.9. The summed E-state index contributed by atoms with van der Waals surface area (Å²) in [7, 11) is 0. The number of aliphatic hydroxyl groups is 2. The Bertz CT molecular complexity index is 598. The number of likely N-dealkylation sites (tertiary alicyclic amines) is 1. The third-order valence-electron chi connectivity index (χ3n) is 5.66. The van der Waals surface area contributed by atoms with Gasteiger partial charge in [0, 0.05) is 30.8 Å². The van der Waals surface area contributed by atoms with Crippen molar-refractivity contribution in [2.75, 3.05) is 19.7 Å². The molecule has 1 aromatic heterocycles. The van der Waals surface area contributed by atoms with Crippen molar-refractivity contribution >= 4 is 5.91 Å². The minimum atomic E-state index is -1.13. The number of aromatic nitrogens is 2. The van der Waals surface area contributed by atoms with Gasteiger partial charge in [-0.1, -0.05) is 0 Å². The molecule has 2 saturated heterocycles. The van der Waals surface area contributed by atoms with Crippen LogP contribution in [0.3, 0.4) is 0 Å². The highest BCUT2D eigenvalue weighted by Gasteiger charge is 2.52. The Kier molecular flexibility index (Phi) is 4.44. The van der Waals surface area contributed by atoms with Crippen LogP contribution < -0.4 is 0 Å². The standard InChI is InChI=1S/C17H27N3O4/c1-11-13(12(2)19-18-11)10-14(21)20-7-4-17(5-8-20)15(22)16(3,23)6-9-24-17/h15,22-23H,4-10H2,1-3H3,(H,18,19)/t15-,16+/m0/s1. The number of rotatable bonds is 2. The summed E-state index contributed by atoms with van der Waals surface area (Å²) in [5.74, 6) is 0.0644. The first kappa shape index (κ1) is 17.4. The number of aryl methyl sites for hydroxylation is 2. The quantitative estimate of drug-likeness (QED) is 0.728. The van der Waals surface area contributed by atoms with Gasteiger partial charge < -0.3 is 19.8 Å². The van der Waals surface area contributed by atoms with E-state index >= 15 is 0 Å². The van der Waals surface area contributed by atoms with Crippen LogP contribution in [0.1, 0.15) is 43.1 Å². The molecule has 2 atom stereocenters. The summed E-state index contributed by atoms with van der Waals surface area (Å²) < 4.78 is 5.86. The van der Waals surface area contributed by atoms with E-state index in [0.29, 0.717) is 45.4 Å². The number of nitrogens with zero attached hydrogens (tertiary/aromatic N) is 2. The lowest BCUT2D eigenvalue weighted by atomic mass is 9.75. The van der Waals surface area contributed by atoms with Crippen molar-refractivity contribution in [1.82, 2.24) is 15.1 Å². The van der Waals surface area contributed by atoms with Crippen LogP contribution in [0.5, 0.6) is 0 Å². The molecule has 1 aromatic rings. The lowest BCUT2D eigenvalue weighted by molar-refractivity contribution is -0.245. The number of ether oxygens (including phenoxy) is 1. The topological polar surface area (TPSA) is 98.7 Å². The highest BCUT2D eigenvalue weighted by Crippen LogP contribution is 2.39. The maximum atomic E-state index is 12.6. The smallest absolute Gasteiger partial charge is 0.227 e. The van der Waals surface area contributed by atoms with Crippen molar-refractivity contribution in [1.29, 1.82) is 0 Å². The summed E-state index contributed by atoms with van der Waals surface area (Å²) in [5.41, 5.74) is 0.875. The molecule has 3 N–H and O–H groups in total. The van der Waals surface area contributed by atoms with Crippen molar-refractivity contribution in [3.63, 3.8) is 0 Å². The van der Waals surface area contributed by atoms with E-state index in [1.807, 2.05) is 18.7 Å². The van der Waals surface area contributed by atoms with Crippen LogP contribution in [0.25, 0.3) is 0 Å². The van der Waals surface area contributed by atoms with E-state index in [-0.39, 0.29) is 5.91 Å². The largest absolute Gasteiger partial charge is 0.387 e. The second-order valence-electron chi connectivity index (χ2n) is 7.39. The lowest BCUT2D eigenvalue weighted by Crippen LogP contribution is -2.64. The van der Waals surface area contributed by atoms with E-state index in [2.05, 4.69) is 10.2 Å². The molecule has 1 amide bonds. The Morgan fingerprint density at radius 3 is 2.62 bits per heavy atom. The Morgan fingerprint density at radius 2 is 2.04 bits per heavy atom. The number of aliphatic hydroxyl groups excluding tert-OH is 1. The van der Waals surface area contributed by atoms with Crippen LogP contribution in [-0.2, 0) is 16.0 Å². The van der Waals surface area contributed by atoms with Crippen LogP contribution in [0.15, 0.2) is 0 Å². The minimum Gasteiger partial charge on any atom is -0.387 e. The van der Waals surface area contributed by atoms with Crippen LogP contribution in [0, 0.1) is 13.8 Å². The number of nitrogens with one attached hydrogen (secondary N) is 1. The number of carbonyl (C=O) groups excluding carboxylic acids is 1. The molecule has 1 spiro atoms. The van der Waals surface area contributed by atoms with Gasteiger partial charge in [-0.3, -0.25) is 9.89 Å². The Balaban J connectivity index is 1.64. The van der Waals surface area contributed by atoms with Gasteiger partial charge in [0.2, 0.25) is 5.91 Å². The van der Waals surface area contributed by atoms with Gasteiger partial charge in [-0.15, -0.1) is 0 Å². The molecule has 2 aliphatic rings. The second-order valence-corrected chi connectivity index (χ2v) is 7.39. The molecule has 3 heterocycles. The number of carbonyl (C=O) groups is 1. The summed E-state index contributed by atoms with van der Waals surface area (Å²) in [6, 6.07) is 0. The molecule has 0 aromatic carbocycles. The SMILES string of the molecule is Cc1n[nH]c(C)c1CC(=O)N1CCC2(CC1)OCC[C@@](C)(O)[C@@H]2O. The average Bonchev–Trinajstić information content (AvgIpc) is 2.85. The predicted molar refractivity (Wildman–Crippen MR) is 87.5 cm³/mol. The monoisotopic (exact) mass is 337 g/mol. The summed E-state index contributed by atoms with van der Waals surface area (Å²) in [4.78, 5) is 14.4. The van der Waals surface area contributed by atoms with Gasteiger partial charge >= 0.3 is 0 Å². The zero-order valence-electron chi connectivity index (χ0n) is 14.6. The molecule has 7 nitrogen and oxygen atoms in total. The van der Waals surface area contributed by atoms with Gasteiger partial charge in [0.15, 0.2) is 0 Å². The fraction of sp³-hybridized carbons (Fsp3) is 0.765. The van der Waals surface area contributed by atoms with E-state index in [1.54, 1.807) is 6.92 Å². The minimum absolute atomic E-state index is 0.0644. The number of H-pyrrole nitrogens is 1. The molecule has 0 radical (unpaired) electrons. The van der Waals surface area contributed by atoms with Crippen molar-refractivity contribution in [2.45, 2.75) is 63.8 Å². The number of hydrogen-bond acceptors (Lipinski definition) is 5. The molecular weight excluding hydrogens is 310 g/mol. The van der Waals surface area contributed by atoms with Gasteiger partial charge in [-0.25, -0.2) is 0 Å². The van der Waals surface area contributed by atoms with Crippen molar-refractivity contribution < 1.29 is 19.7 Å². The zero-order valence-corrected chi connectivity index (χ0v) is 14.6. The molecule has 134 valence electrons. The molecule has 0 bridgehead atoms. The zero-order chi connectivity index (χ0) is 17.5. The Hall–Kier alpha value is -1.44. The first-order valence-corrected chi connectivity index (χ1v) is 8.58. The molecule has 24 heavy (non-hydrogen) atoms. The van der Waals surface area contributed by atoms with Gasteiger partial charge in [0.1, 0.15) is 11.7 Å². The summed E-state index contributed by atoms with van der Waals surface area (Å²) in [6.45, 7) is 6.97.